The Hall–Kier alpha value is -1.17. The molecule has 2 aromatic rings. The molecule has 1 aliphatic rings. The molecule has 3 rings (SSSR count). The lowest BCUT2D eigenvalue weighted by molar-refractivity contribution is -0.110. The van der Waals surface area contributed by atoms with Gasteiger partial charge in [0.15, 0.2) is 0 Å². The van der Waals surface area contributed by atoms with E-state index in [1.165, 1.54) is 0 Å². The largest absolute Gasteiger partial charge is 0.319 e. The predicted octanol–water partition coefficient (Wildman–Crippen LogP) is 4.94. The maximum Gasteiger partial charge on any atom is 0.275 e. The summed E-state index contributed by atoms with van der Waals surface area (Å²) < 4.78 is 1.67. The number of nitrogens with zero attached hydrogens (tertiary/aromatic N) is 1. The predicted molar refractivity (Wildman–Crippen MR) is 88.1 cm³/mol. The van der Waals surface area contributed by atoms with Crippen molar-refractivity contribution in [3.8, 4) is 0 Å². The average Bonchev–Trinajstić information content (AvgIpc) is 2.70. The first-order valence-corrected chi connectivity index (χ1v) is 7.66. The highest BCUT2D eigenvalue weighted by Crippen LogP contribution is 2.36. The molecule has 0 spiro atoms. The average molecular weight is 414 g/mol. The van der Waals surface area contributed by atoms with Crippen LogP contribution in [0.1, 0.15) is 5.56 Å². The highest BCUT2D eigenvalue weighted by molar-refractivity contribution is 9.11. The number of fused-ring (bicyclic) bond motifs is 1. The molecule has 1 amide bonds. The molecule has 3 nitrogen and oxygen atoms in total. The van der Waals surface area contributed by atoms with E-state index in [0.29, 0.717) is 16.4 Å². The Balaban J connectivity index is 2.18. The van der Waals surface area contributed by atoms with Gasteiger partial charge in [-0.15, -0.1) is 0 Å². The molecule has 2 aromatic carbocycles. The van der Waals surface area contributed by atoms with Crippen LogP contribution in [0.4, 0.5) is 11.4 Å². The van der Waals surface area contributed by atoms with Crippen LogP contribution in [0.25, 0.3) is 0 Å². The topological polar surface area (TPSA) is 41.5 Å². The molecule has 100 valence electrons. The van der Waals surface area contributed by atoms with Crippen LogP contribution in [-0.4, -0.2) is 11.6 Å². The van der Waals surface area contributed by atoms with E-state index in [1.54, 1.807) is 12.1 Å². The quantitative estimate of drug-likeness (QED) is 0.706. The summed E-state index contributed by atoms with van der Waals surface area (Å²) in [6, 6.07) is 10.9. The zero-order chi connectivity index (χ0) is 14.3. The molecule has 0 saturated carbocycles. The molecule has 0 unspecified atom stereocenters. The second kappa shape index (κ2) is 5.31. The summed E-state index contributed by atoms with van der Waals surface area (Å²) >= 11 is 12.9. The molecule has 6 heteroatoms. The van der Waals surface area contributed by atoms with Crippen molar-refractivity contribution in [2.24, 2.45) is 4.99 Å². The van der Waals surface area contributed by atoms with Crippen molar-refractivity contribution in [1.29, 1.82) is 0 Å². The number of rotatable bonds is 1. The molecule has 0 radical (unpaired) electrons. The van der Waals surface area contributed by atoms with Crippen molar-refractivity contribution in [2.45, 2.75) is 0 Å². The number of carbonyl (C=O) groups excluding carboxylic acids is 1. The van der Waals surface area contributed by atoms with E-state index in [4.69, 9.17) is 11.6 Å². The van der Waals surface area contributed by atoms with E-state index >= 15 is 0 Å². The van der Waals surface area contributed by atoms with E-state index in [1.807, 2.05) is 24.3 Å². The lowest BCUT2D eigenvalue weighted by Crippen LogP contribution is -2.13. The zero-order valence-corrected chi connectivity index (χ0v) is 13.9. The van der Waals surface area contributed by atoms with Crippen molar-refractivity contribution >= 4 is 66.5 Å². The van der Waals surface area contributed by atoms with Crippen molar-refractivity contribution in [3.63, 3.8) is 0 Å². The minimum atomic E-state index is -0.237. The van der Waals surface area contributed by atoms with Crippen molar-refractivity contribution in [3.05, 3.63) is 55.9 Å². The summed E-state index contributed by atoms with van der Waals surface area (Å²) in [5.74, 6) is -0.237. The van der Waals surface area contributed by atoms with Gasteiger partial charge in [0.25, 0.3) is 5.91 Å². The number of benzene rings is 2. The fourth-order valence-electron chi connectivity index (χ4n) is 1.96. The van der Waals surface area contributed by atoms with Gasteiger partial charge in [0.05, 0.1) is 16.4 Å². The fraction of sp³-hybridized carbons (Fsp3) is 0. The van der Waals surface area contributed by atoms with Gasteiger partial charge < -0.3 is 5.32 Å². The fourth-order valence-corrected chi connectivity index (χ4v) is 3.46. The van der Waals surface area contributed by atoms with E-state index in [-0.39, 0.29) is 5.91 Å². The molecule has 1 aliphatic heterocycles. The molecule has 1 heterocycles. The lowest BCUT2D eigenvalue weighted by atomic mass is 10.1. The lowest BCUT2D eigenvalue weighted by Gasteiger charge is -2.02. The summed E-state index contributed by atoms with van der Waals surface area (Å²) in [7, 11) is 0. The van der Waals surface area contributed by atoms with Crippen molar-refractivity contribution < 1.29 is 4.79 Å². The number of anilines is 1. The molecule has 0 fully saturated rings. The van der Waals surface area contributed by atoms with Gasteiger partial charge in [-0.3, -0.25) is 4.79 Å². The highest BCUT2D eigenvalue weighted by Gasteiger charge is 2.28. The van der Waals surface area contributed by atoms with E-state index < -0.39 is 0 Å². The third kappa shape index (κ3) is 2.41. The third-order valence-corrected chi connectivity index (χ3v) is 4.25. The Kier molecular flexibility index (Phi) is 3.67. The smallest absolute Gasteiger partial charge is 0.275 e. The summed E-state index contributed by atoms with van der Waals surface area (Å²) in [6.07, 6.45) is 0. The third-order valence-electron chi connectivity index (χ3n) is 2.85. The van der Waals surface area contributed by atoms with Gasteiger partial charge in [-0.25, -0.2) is 4.99 Å². The van der Waals surface area contributed by atoms with Crippen LogP contribution in [0.15, 0.2) is 50.3 Å². The Morgan fingerprint density at radius 2 is 1.90 bits per heavy atom. The van der Waals surface area contributed by atoms with Gasteiger partial charge in [-0.2, -0.15) is 0 Å². The Labute approximate surface area is 137 Å². The van der Waals surface area contributed by atoms with Crippen LogP contribution in [0.2, 0.25) is 5.02 Å². The Morgan fingerprint density at radius 3 is 2.65 bits per heavy atom. The van der Waals surface area contributed by atoms with Gasteiger partial charge in [0, 0.05) is 14.5 Å². The number of carbonyl (C=O) groups is 1. The molecule has 0 saturated heterocycles. The number of aliphatic imine (C=N–C) groups is 1. The normalized spacial score (nSPS) is 15.3. The number of para-hydroxylation sites is 1. The van der Waals surface area contributed by atoms with Gasteiger partial charge in [-0.05, 0) is 40.2 Å². The van der Waals surface area contributed by atoms with Crippen LogP contribution in [0, 0.1) is 0 Å². The molecular weight excluding hydrogens is 407 g/mol. The Bertz CT molecular complexity index is 759. The first-order chi connectivity index (χ1) is 9.56. The maximum atomic E-state index is 12.1. The van der Waals surface area contributed by atoms with Gasteiger partial charge in [0.2, 0.25) is 0 Å². The van der Waals surface area contributed by atoms with Crippen molar-refractivity contribution in [1.82, 2.24) is 0 Å². The Morgan fingerprint density at radius 1 is 1.15 bits per heavy atom. The number of hydrogen-bond donors (Lipinski definition) is 1. The van der Waals surface area contributed by atoms with Crippen molar-refractivity contribution in [2.75, 3.05) is 5.32 Å². The molecule has 0 aromatic heterocycles. The van der Waals surface area contributed by atoms with Gasteiger partial charge in [0.1, 0.15) is 5.71 Å². The number of amides is 1. The van der Waals surface area contributed by atoms with Gasteiger partial charge in [-0.1, -0.05) is 39.7 Å². The first kappa shape index (κ1) is 13.8. The second-order valence-corrected chi connectivity index (χ2v) is 6.35. The molecule has 0 aliphatic carbocycles. The minimum absolute atomic E-state index is 0.237. The second-order valence-electron chi connectivity index (χ2n) is 4.18. The zero-order valence-electron chi connectivity index (χ0n) is 9.95. The standard InChI is InChI=1S/C14H7Br2ClN2O/c15-7-5-8-12(9(16)6-7)19-14(20)13(8)18-11-4-2-1-3-10(11)17/h1-6H,(H,18,19,20). The minimum Gasteiger partial charge on any atom is -0.319 e. The molecule has 0 bridgehead atoms. The van der Waals surface area contributed by atoms with Crippen LogP contribution in [0.3, 0.4) is 0 Å². The molecule has 0 atom stereocenters. The summed E-state index contributed by atoms with van der Waals surface area (Å²) in [5.41, 5.74) is 2.40. The molecule has 1 N–H and O–H groups in total. The van der Waals surface area contributed by atoms with E-state index in [2.05, 4.69) is 42.2 Å². The molecular formula is C14H7Br2ClN2O. The number of hydrogen-bond acceptors (Lipinski definition) is 2. The summed E-state index contributed by atoms with van der Waals surface area (Å²) in [4.78, 5) is 16.5. The number of halogens is 3. The van der Waals surface area contributed by atoms with E-state index in [0.717, 1.165) is 20.2 Å². The van der Waals surface area contributed by atoms with E-state index in [9.17, 15) is 4.79 Å². The van der Waals surface area contributed by atoms with Crippen LogP contribution in [-0.2, 0) is 4.79 Å². The highest BCUT2D eigenvalue weighted by atomic mass is 79.9. The molecule has 20 heavy (non-hydrogen) atoms. The van der Waals surface area contributed by atoms with Crippen LogP contribution in [0.5, 0.6) is 0 Å². The SMILES string of the molecule is O=C1Nc2c(Br)cc(Br)cc2C1=Nc1ccccc1Cl. The maximum absolute atomic E-state index is 12.1. The summed E-state index contributed by atoms with van der Waals surface area (Å²) in [6.45, 7) is 0. The van der Waals surface area contributed by atoms with Crippen LogP contribution >= 0.6 is 43.5 Å². The summed E-state index contributed by atoms with van der Waals surface area (Å²) in [5, 5.41) is 3.31. The number of nitrogens with one attached hydrogen (secondary N) is 1. The monoisotopic (exact) mass is 412 g/mol. The van der Waals surface area contributed by atoms with Crippen LogP contribution < -0.4 is 5.32 Å². The first-order valence-electron chi connectivity index (χ1n) is 5.70. The van der Waals surface area contributed by atoms with Gasteiger partial charge >= 0.3 is 0 Å².